The number of aliphatic carboxylic acids is 1. The predicted molar refractivity (Wildman–Crippen MR) is 70.1 cm³/mol. The van der Waals surface area contributed by atoms with E-state index in [1.807, 2.05) is 0 Å². The first kappa shape index (κ1) is 13.0. The number of nitrogens with one attached hydrogen (secondary N) is 2. The van der Waals surface area contributed by atoms with E-state index in [-0.39, 0.29) is 12.5 Å². The Morgan fingerprint density at radius 2 is 2.40 bits per heavy atom. The molecule has 0 radical (unpaired) electrons. The highest BCUT2D eigenvalue weighted by molar-refractivity contribution is 5.83. The van der Waals surface area contributed by atoms with Crippen LogP contribution in [0, 0.1) is 5.92 Å². The van der Waals surface area contributed by atoms with E-state index in [2.05, 4.69) is 15.3 Å². The van der Waals surface area contributed by atoms with Crippen LogP contribution in [0.2, 0.25) is 0 Å². The minimum absolute atomic E-state index is 0.211. The van der Waals surface area contributed by atoms with E-state index < -0.39 is 12.0 Å². The number of urea groups is 1. The van der Waals surface area contributed by atoms with Crippen molar-refractivity contribution in [2.24, 2.45) is 5.92 Å². The molecule has 3 N–H and O–H groups in total. The molecule has 1 aliphatic heterocycles. The van der Waals surface area contributed by atoms with E-state index in [9.17, 15) is 14.7 Å². The van der Waals surface area contributed by atoms with Crippen molar-refractivity contribution in [3.63, 3.8) is 0 Å². The molecule has 20 heavy (non-hydrogen) atoms. The fourth-order valence-corrected chi connectivity index (χ4v) is 3.22. The number of hydrogen-bond acceptors (Lipinski definition) is 3. The van der Waals surface area contributed by atoms with Crippen LogP contribution in [-0.2, 0) is 11.2 Å². The lowest BCUT2D eigenvalue weighted by Gasteiger charge is -2.28. The van der Waals surface area contributed by atoms with Crippen LogP contribution in [0.4, 0.5) is 4.79 Å². The molecule has 2 heterocycles. The molecule has 2 fully saturated rings. The third kappa shape index (κ3) is 2.48. The highest BCUT2D eigenvalue weighted by Gasteiger charge is 2.41. The molecule has 3 unspecified atom stereocenters. The largest absolute Gasteiger partial charge is 0.480 e. The molecule has 108 valence electrons. The van der Waals surface area contributed by atoms with Crippen molar-refractivity contribution in [2.45, 2.75) is 37.8 Å². The van der Waals surface area contributed by atoms with Gasteiger partial charge >= 0.3 is 12.0 Å². The van der Waals surface area contributed by atoms with Crippen LogP contribution < -0.4 is 5.32 Å². The van der Waals surface area contributed by atoms with Gasteiger partial charge in [-0.1, -0.05) is 0 Å². The quantitative estimate of drug-likeness (QED) is 0.751. The maximum atomic E-state index is 12.2. The molecule has 3 rings (SSSR count). The lowest BCUT2D eigenvalue weighted by atomic mass is 10.1. The number of carboxylic acid groups (broad SMARTS) is 1. The molecule has 1 aromatic rings. The number of carboxylic acids is 1. The van der Waals surface area contributed by atoms with E-state index in [4.69, 9.17) is 0 Å². The summed E-state index contributed by atoms with van der Waals surface area (Å²) in [6.45, 7) is 0.757. The van der Waals surface area contributed by atoms with Crippen molar-refractivity contribution in [1.82, 2.24) is 20.2 Å². The second-order valence-electron chi connectivity index (χ2n) is 5.61. The number of rotatable bonds is 4. The maximum absolute atomic E-state index is 12.2. The summed E-state index contributed by atoms with van der Waals surface area (Å²) in [6.07, 6.45) is 6.56. The third-order valence-corrected chi connectivity index (χ3v) is 4.24. The Labute approximate surface area is 116 Å². The summed E-state index contributed by atoms with van der Waals surface area (Å²) >= 11 is 0. The number of likely N-dealkylation sites (tertiary alicyclic amines) is 1. The standard InChI is InChI=1S/C13H18N4O3/c18-12(19)11(4-9-5-14-7-15-9)16-13(20)17-6-8-1-2-10(17)3-8/h5,7-8,10-11H,1-4,6H2,(H,14,15)(H,16,20)(H,18,19). The van der Waals surface area contributed by atoms with Gasteiger partial charge < -0.3 is 20.3 Å². The van der Waals surface area contributed by atoms with Gasteiger partial charge in [-0.2, -0.15) is 0 Å². The molecule has 2 bridgehead atoms. The van der Waals surface area contributed by atoms with Crippen molar-refractivity contribution in [3.8, 4) is 0 Å². The van der Waals surface area contributed by atoms with Crippen molar-refractivity contribution in [3.05, 3.63) is 18.2 Å². The summed E-state index contributed by atoms with van der Waals surface area (Å²) in [7, 11) is 0. The normalized spacial score (nSPS) is 25.7. The summed E-state index contributed by atoms with van der Waals surface area (Å²) in [5.74, 6) is -0.432. The molecule has 0 spiro atoms. The summed E-state index contributed by atoms with van der Waals surface area (Å²) in [4.78, 5) is 32.0. The SMILES string of the molecule is O=C(O)C(Cc1cnc[nH]1)NC(=O)N1CC2CCC1C2. The van der Waals surface area contributed by atoms with Gasteiger partial charge in [0, 0.05) is 30.9 Å². The monoisotopic (exact) mass is 278 g/mol. The van der Waals surface area contributed by atoms with Crippen molar-refractivity contribution in [2.75, 3.05) is 6.54 Å². The van der Waals surface area contributed by atoms with Crippen LogP contribution in [0.25, 0.3) is 0 Å². The van der Waals surface area contributed by atoms with Crippen LogP contribution in [0.1, 0.15) is 25.0 Å². The molecule has 2 aliphatic rings. The molecule has 0 aromatic carbocycles. The molecule has 1 aromatic heterocycles. The first-order chi connectivity index (χ1) is 9.63. The Balaban J connectivity index is 1.61. The molecule has 3 atom stereocenters. The number of imidazole rings is 1. The number of carbonyl (C=O) groups is 2. The zero-order chi connectivity index (χ0) is 14.1. The number of aromatic nitrogens is 2. The van der Waals surface area contributed by atoms with Crippen LogP contribution in [-0.4, -0.2) is 50.6 Å². The zero-order valence-corrected chi connectivity index (χ0v) is 11.1. The van der Waals surface area contributed by atoms with Gasteiger partial charge in [-0.15, -0.1) is 0 Å². The van der Waals surface area contributed by atoms with Crippen LogP contribution in [0.5, 0.6) is 0 Å². The average Bonchev–Trinajstić information content (AvgIpc) is 3.14. The Morgan fingerprint density at radius 3 is 2.95 bits per heavy atom. The van der Waals surface area contributed by atoms with Crippen molar-refractivity contribution >= 4 is 12.0 Å². The van der Waals surface area contributed by atoms with E-state index in [1.165, 1.54) is 12.7 Å². The lowest BCUT2D eigenvalue weighted by Crippen LogP contribution is -2.51. The van der Waals surface area contributed by atoms with Gasteiger partial charge in [0.05, 0.1) is 6.33 Å². The van der Waals surface area contributed by atoms with E-state index in [0.29, 0.717) is 17.7 Å². The Bertz CT molecular complexity index is 502. The lowest BCUT2D eigenvalue weighted by molar-refractivity contribution is -0.139. The number of piperidine rings is 1. The topological polar surface area (TPSA) is 98.3 Å². The molecule has 7 nitrogen and oxygen atoms in total. The number of H-pyrrole nitrogens is 1. The second-order valence-corrected chi connectivity index (χ2v) is 5.61. The van der Waals surface area contributed by atoms with Gasteiger partial charge in [0.2, 0.25) is 0 Å². The molecule has 2 amide bonds. The molecule has 7 heteroatoms. The van der Waals surface area contributed by atoms with Gasteiger partial charge in [-0.05, 0) is 25.2 Å². The summed E-state index contributed by atoms with van der Waals surface area (Å²) in [6, 6.07) is -0.896. The molecule has 1 saturated heterocycles. The minimum Gasteiger partial charge on any atom is -0.480 e. The highest BCUT2D eigenvalue weighted by Crippen LogP contribution is 2.37. The Morgan fingerprint density at radius 1 is 1.55 bits per heavy atom. The first-order valence-corrected chi connectivity index (χ1v) is 6.90. The average molecular weight is 278 g/mol. The minimum atomic E-state index is -1.03. The Kier molecular flexibility index (Phi) is 3.33. The van der Waals surface area contributed by atoms with E-state index in [0.717, 1.165) is 19.4 Å². The number of aromatic amines is 1. The van der Waals surface area contributed by atoms with Crippen LogP contribution >= 0.6 is 0 Å². The van der Waals surface area contributed by atoms with Crippen LogP contribution in [0.3, 0.4) is 0 Å². The second kappa shape index (κ2) is 5.15. The maximum Gasteiger partial charge on any atom is 0.326 e. The number of hydrogen-bond donors (Lipinski definition) is 3. The summed E-state index contributed by atoms with van der Waals surface area (Å²) in [5, 5.41) is 11.8. The number of nitrogens with zero attached hydrogens (tertiary/aromatic N) is 2. The molecular weight excluding hydrogens is 260 g/mol. The fourth-order valence-electron chi connectivity index (χ4n) is 3.22. The number of fused-ring (bicyclic) bond motifs is 2. The van der Waals surface area contributed by atoms with Crippen molar-refractivity contribution in [1.29, 1.82) is 0 Å². The number of amides is 2. The fraction of sp³-hybridized carbons (Fsp3) is 0.615. The molecule has 1 saturated carbocycles. The number of carbonyl (C=O) groups excluding carboxylic acids is 1. The summed E-state index contributed by atoms with van der Waals surface area (Å²) < 4.78 is 0. The summed E-state index contributed by atoms with van der Waals surface area (Å²) in [5.41, 5.74) is 0.695. The van der Waals surface area contributed by atoms with Gasteiger partial charge in [0.15, 0.2) is 0 Å². The first-order valence-electron chi connectivity index (χ1n) is 6.90. The van der Waals surface area contributed by atoms with E-state index in [1.54, 1.807) is 11.1 Å². The Hall–Kier alpha value is -2.05. The van der Waals surface area contributed by atoms with Gasteiger partial charge in [0.1, 0.15) is 6.04 Å². The smallest absolute Gasteiger partial charge is 0.326 e. The zero-order valence-electron chi connectivity index (χ0n) is 11.1. The van der Waals surface area contributed by atoms with Crippen molar-refractivity contribution < 1.29 is 14.7 Å². The van der Waals surface area contributed by atoms with Gasteiger partial charge in [0.25, 0.3) is 0 Å². The molecular formula is C13H18N4O3. The van der Waals surface area contributed by atoms with E-state index >= 15 is 0 Å². The van der Waals surface area contributed by atoms with Crippen LogP contribution in [0.15, 0.2) is 12.5 Å². The van der Waals surface area contributed by atoms with Gasteiger partial charge in [-0.3, -0.25) is 0 Å². The third-order valence-electron chi connectivity index (χ3n) is 4.24. The molecule has 1 aliphatic carbocycles. The predicted octanol–water partition coefficient (Wildman–Crippen LogP) is 0.599. The van der Waals surface area contributed by atoms with Gasteiger partial charge in [-0.25, -0.2) is 14.6 Å². The highest BCUT2D eigenvalue weighted by atomic mass is 16.4.